The van der Waals surface area contributed by atoms with Crippen LogP contribution in [0.5, 0.6) is 0 Å². The zero-order valence-corrected chi connectivity index (χ0v) is 21.8. The standard InChI is InChI=1S/C29H31N9O/c1-2-22-25(19-12-20-9-10-21(13-19)37(20)29(39)26(31)34-16-30)36-28-23(15-35-38(28)27(22)32)18-8-11-24(33-14-18)17-6-4-3-5-7-17/h3-8,11,14-16,19-21H,2,9-10,12-13,32H2,1H3,(H3,30,31,34). The van der Waals surface area contributed by atoms with Crippen LogP contribution < -0.4 is 11.5 Å². The van der Waals surface area contributed by atoms with E-state index in [1.54, 1.807) is 10.7 Å². The molecule has 2 fully saturated rings. The number of aliphatic imine (C=N–C) groups is 1. The first-order valence-corrected chi connectivity index (χ1v) is 13.3. The van der Waals surface area contributed by atoms with Crippen molar-refractivity contribution < 1.29 is 4.79 Å². The van der Waals surface area contributed by atoms with E-state index >= 15 is 0 Å². The molecule has 5 N–H and O–H groups in total. The lowest BCUT2D eigenvalue weighted by Crippen LogP contribution is -2.50. The highest BCUT2D eigenvalue weighted by Crippen LogP contribution is 2.44. The smallest absolute Gasteiger partial charge is 0.289 e. The summed E-state index contributed by atoms with van der Waals surface area (Å²) in [5, 5.41) is 11.7. The van der Waals surface area contributed by atoms with Crippen molar-refractivity contribution in [2.45, 2.75) is 57.0 Å². The van der Waals surface area contributed by atoms with Crippen molar-refractivity contribution in [1.82, 2.24) is 24.5 Å². The number of benzene rings is 1. The van der Waals surface area contributed by atoms with E-state index < -0.39 is 0 Å². The summed E-state index contributed by atoms with van der Waals surface area (Å²) < 4.78 is 1.73. The second-order valence-electron chi connectivity index (χ2n) is 10.2. The van der Waals surface area contributed by atoms with Gasteiger partial charge in [0.25, 0.3) is 5.91 Å². The molecule has 10 heteroatoms. The molecule has 1 amide bonds. The van der Waals surface area contributed by atoms with Gasteiger partial charge in [-0.2, -0.15) is 9.61 Å². The summed E-state index contributed by atoms with van der Waals surface area (Å²) in [7, 11) is 0. The van der Waals surface area contributed by atoms with Crippen molar-refractivity contribution in [2.24, 2.45) is 10.7 Å². The number of carbonyl (C=O) groups excluding carboxylic acids is 1. The Balaban J connectivity index is 1.35. The van der Waals surface area contributed by atoms with Gasteiger partial charge in [-0.25, -0.2) is 9.98 Å². The number of fused-ring (bicyclic) bond motifs is 3. The summed E-state index contributed by atoms with van der Waals surface area (Å²) in [6, 6.07) is 14.2. The molecule has 2 atom stereocenters. The van der Waals surface area contributed by atoms with Gasteiger partial charge in [0.1, 0.15) is 12.2 Å². The minimum atomic E-state index is -0.285. The number of piperidine rings is 1. The van der Waals surface area contributed by atoms with Crippen molar-refractivity contribution >= 4 is 29.5 Å². The van der Waals surface area contributed by atoms with E-state index in [0.717, 1.165) is 72.1 Å². The van der Waals surface area contributed by atoms with Crippen molar-refractivity contribution in [3.63, 3.8) is 0 Å². The molecule has 2 unspecified atom stereocenters. The molecular weight excluding hydrogens is 490 g/mol. The SMILES string of the molecule is CCc1c(C2CC3CCC(C2)N3C(=O)C(N)=NC=N)nc2c(-c3ccc(-c4ccccc4)nc3)cnn2c1N. The molecule has 0 aliphatic carbocycles. The molecule has 198 valence electrons. The third-order valence-corrected chi connectivity index (χ3v) is 8.09. The fraction of sp³-hybridized carbons (Fsp3) is 0.310. The van der Waals surface area contributed by atoms with Gasteiger partial charge in [0.2, 0.25) is 0 Å². The van der Waals surface area contributed by atoms with Gasteiger partial charge in [0, 0.05) is 46.5 Å². The van der Waals surface area contributed by atoms with Crippen LogP contribution in [0.4, 0.5) is 5.82 Å². The van der Waals surface area contributed by atoms with Crippen LogP contribution in [0.2, 0.25) is 0 Å². The topological polar surface area (TPSA) is 152 Å². The number of hydrogen-bond acceptors (Lipinski definition) is 6. The molecule has 2 bridgehead atoms. The van der Waals surface area contributed by atoms with Crippen molar-refractivity contribution in [3.05, 3.63) is 66.1 Å². The van der Waals surface area contributed by atoms with Gasteiger partial charge in [0.05, 0.1) is 17.6 Å². The molecule has 4 aromatic rings. The van der Waals surface area contributed by atoms with E-state index in [2.05, 4.69) is 17.0 Å². The van der Waals surface area contributed by atoms with Crippen LogP contribution >= 0.6 is 0 Å². The fourth-order valence-electron chi connectivity index (χ4n) is 6.29. The van der Waals surface area contributed by atoms with Gasteiger partial charge in [-0.05, 0) is 38.2 Å². The number of pyridine rings is 1. The lowest BCUT2D eigenvalue weighted by atomic mass is 9.85. The number of amides is 1. The van der Waals surface area contributed by atoms with Crippen LogP contribution in [0.1, 0.15) is 49.8 Å². The number of nitrogens with zero attached hydrogens (tertiary/aromatic N) is 6. The van der Waals surface area contributed by atoms with E-state index in [-0.39, 0.29) is 29.7 Å². The van der Waals surface area contributed by atoms with Crippen LogP contribution in [-0.2, 0) is 11.2 Å². The van der Waals surface area contributed by atoms with Gasteiger partial charge in [-0.15, -0.1) is 0 Å². The molecule has 5 heterocycles. The second-order valence-corrected chi connectivity index (χ2v) is 10.2. The van der Waals surface area contributed by atoms with E-state index in [1.807, 2.05) is 53.6 Å². The van der Waals surface area contributed by atoms with Crippen molar-refractivity contribution in [3.8, 4) is 22.4 Å². The molecule has 3 aromatic heterocycles. The van der Waals surface area contributed by atoms with Crippen LogP contribution in [0.3, 0.4) is 0 Å². The number of nitrogen functional groups attached to an aromatic ring is 1. The van der Waals surface area contributed by atoms with Crippen molar-refractivity contribution in [1.29, 1.82) is 5.41 Å². The molecule has 2 saturated heterocycles. The van der Waals surface area contributed by atoms with E-state index in [9.17, 15) is 4.79 Å². The van der Waals surface area contributed by atoms with Crippen molar-refractivity contribution in [2.75, 3.05) is 5.73 Å². The first-order valence-electron chi connectivity index (χ1n) is 13.3. The van der Waals surface area contributed by atoms with Gasteiger partial charge in [-0.1, -0.05) is 43.3 Å². The first-order chi connectivity index (χ1) is 19.0. The highest BCUT2D eigenvalue weighted by molar-refractivity contribution is 6.38. The zero-order chi connectivity index (χ0) is 27.1. The summed E-state index contributed by atoms with van der Waals surface area (Å²) >= 11 is 0. The summed E-state index contributed by atoms with van der Waals surface area (Å²) in [5.41, 5.74) is 19.0. The minimum Gasteiger partial charge on any atom is -0.383 e. The zero-order valence-electron chi connectivity index (χ0n) is 21.8. The summed E-state index contributed by atoms with van der Waals surface area (Å²) in [6.45, 7) is 2.08. The molecule has 0 radical (unpaired) electrons. The monoisotopic (exact) mass is 521 g/mol. The highest BCUT2D eigenvalue weighted by Gasteiger charge is 2.45. The molecule has 39 heavy (non-hydrogen) atoms. The molecule has 0 spiro atoms. The molecule has 0 saturated carbocycles. The molecule has 2 aliphatic heterocycles. The van der Waals surface area contributed by atoms with E-state index in [4.69, 9.17) is 26.8 Å². The van der Waals surface area contributed by atoms with Gasteiger partial charge >= 0.3 is 0 Å². The van der Waals surface area contributed by atoms with E-state index in [0.29, 0.717) is 11.5 Å². The average molecular weight is 522 g/mol. The number of rotatable bonds is 5. The van der Waals surface area contributed by atoms with Gasteiger partial charge in [-0.3, -0.25) is 15.2 Å². The lowest BCUT2D eigenvalue weighted by Gasteiger charge is -2.39. The fourth-order valence-corrected chi connectivity index (χ4v) is 6.29. The Hall–Kier alpha value is -4.60. The Morgan fingerprint density at radius 1 is 1.10 bits per heavy atom. The molecular formula is C29H31N9O. The lowest BCUT2D eigenvalue weighted by molar-refractivity contribution is -0.128. The third kappa shape index (κ3) is 4.21. The number of anilines is 1. The van der Waals surface area contributed by atoms with Crippen LogP contribution in [-0.4, -0.2) is 54.6 Å². The summed E-state index contributed by atoms with van der Waals surface area (Å²) in [5.74, 6) is 0.351. The largest absolute Gasteiger partial charge is 0.383 e. The molecule has 2 aliphatic rings. The summed E-state index contributed by atoms with van der Waals surface area (Å²) in [4.78, 5) is 28.4. The summed E-state index contributed by atoms with van der Waals surface area (Å²) in [6.07, 6.45) is 8.61. The third-order valence-electron chi connectivity index (χ3n) is 8.09. The first kappa shape index (κ1) is 24.7. The molecule has 1 aromatic carbocycles. The van der Waals surface area contributed by atoms with Gasteiger partial charge < -0.3 is 16.4 Å². The maximum absolute atomic E-state index is 12.9. The highest BCUT2D eigenvalue weighted by atomic mass is 16.2. The van der Waals surface area contributed by atoms with Crippen LogP contribution in [0, 0.1) is 5.41 Å². The van der Waals surface area contributed by atoms with Gasteiger partial charge in [0.15, 0.2) is 11.5 Å². The number of nitrogens with one attached hydrogen (secondary N) is 1. The minimum absolute atomic E-state index is 0.0591. The predicted molar refractivity (Wildman–Crippen MR) is 151 cm³/mol. The Kier molecular flexibility index (Phi) is 6.30. The Bertz CT molecular complexity index is 1560. The average Bonchev–Trinajstić information content (AvgIpc) is 3.51. The number of aromatic nitrogens is 4. The maximum Gasteiger partial charge on any atom is 0.289 e. The van der Waals surface area contributed by atoms with Crippen LogP contribution in [0.25, 0.3) is 28.0 Å². The molecule has 10 nitrogen and oxygen atoms in total. The quantitative estimate of drug-likeness (QED) is 0.268. The Morgan fingerprint density at radius 3 is 2.49 bits per heavy atom. The van der Waals surface area contributed by atoms with Crippen LogP contribution in [0.15, 0.2) is 59.9 Å². The molecule has 6 rings (SSSR count). The number of hydrogen-bond donors (Lipinski definition) is 3. The maximum atomic E-state index is 12.9. The Morgan fingerprint density at radius 2 is 1.85 bits per heavy atom. The number of nitrogens with two attached hydrogens (primary N) is 2. The Labute approximate surface area is 226 Å². The normalized spacial score (nSPS) is 20.9. The van der Waals surface area contributed by atoms with E-state index in [1.165, 1.54) is 0 Å². The number of carbonyl (C=O) groups is 1. The predicted octanol–water partition coefficient (Wildman–Crippen LogP) is 3.80. The second kappa shape index (κ2) is 9.94. The number of amidine groups is 1.